The smallest absolute Gasteiger partial charge is 0.291 e. The van der Waals surface area contributed by atoms with Gasteiger partial charge in [0.15, 0.2) is 5.69 Å². The van der Waals surface area contributed by atoms with Gasteiger partial charge in [0.1, 0.15) is 5.75 Å². The number of anilines is 1. The van der Waals surface area contributed by atoms with Gasteiger partial charge in [-0.25, -0.2) is 4.68 Å². The van der Waals surface area contributed by atoms with E-state index in [0.29, 0.717) is 16.5 Å². The first-order valence-corrected chi connectivity index (χ1v) is 7.43. The van der Waals surface area contributed by atoms with Crippen LogP contribution in [0.2, 0.25) is 5.02 Å². The van der Waals surface area contributed by atoms with Crippen LogP contribution in [-0.4, -0.2) is 28.0 Å². The van der Waals surface area contributed by atoms with E-state index >= 15 is 0 Å². The number of nitrogens with one attached hydrogen (secondary N) is 2. The van der Waals surface area contributed by atoms with Crippen molar-refractivity contribution >= 4 is 23.2 Å². The van der Waals surface area contributed by atoms with E-state index in [4.69, 9.17) is 16.3 Å². The molecule has 0 unspecified atom stereocenters. The van der Waals surface area contributed by atoms with Gasteiger partial charge in [-0.15, -0.1) is 5.10 Å². The normalized spacial score (nSPS) is 10.2. The van der Waals surface area contributed by atoms with Crippen molar-refractivity contribution in [1.82, 2.24) is 20.4 Å². The van der Waals surface area contributed by atoms with Crippen LogP contribution in [0.3, 0.4) is 0 Å². The fourth-order valence-electron chi connectivity index (χ4n) is 1.99. The first-order valence-electron chi connectivity index (χ1n) is 7.05. The molecule has 0 aliphatic rings. The third-order valence-corrected chi connectivity index (χ3v) is 3.56. The van der Waals surface area contributed by atoms with Crippen molar-refractivity contribution in [3.63, 3.8) is 0 Å². The van der Waals surface area contributed by atoms with Gasteiger partial charge in [0.25, 0.3) is 5.91 Å². The lowest BCUT2D eigenvalue weighted by Crippen LogP contribution is -2.29. The van der Waals surface area contributed by atoms with E-state index in [1.54, 1.807) is 31.5 Å². The van der Waals surface area contributed by atoms with E-state index in [9.17, 15) is 4.79 Å². The van der Waals surface area contributed by atoms with Gasteiger partial charge in [0.05, 0.1) is 29.7 Å². The predicted molar refractivity (Wildman–Crippen MR) is 90.5 cm³/mol. The van der Waals surface area contributed by atoms with Gasteiger partial charge in [-0.05, 0) is 24.3 Å². The Labute approximate surface area is 143 Å². The van der Waals surface area contributed by atoms with Gasteiger partial charge in [-0.2, -0.15) is 0 Å². The van der Waals surface area contributed by atoms with Crippen LogP contribution in [0.5, 0.6) is 5.75 Å². The molecule has 3 rings (SSSR count). The lowest BCUT2D eigenvalue weighted by Gasteiger charge is -2.10. The number of hydrazine groups is 1. The second kappa shape index (κ2) is 7.01. The highest BCUT2D eigenvalue weighted by Gasteiger charge is 2.12. The minimum absolute atomic E-state index is 0.172. The summed E-state index contributed by atoms with van der Waals surface area (Å²) in [6.45, 7) is 0. The number of rotatable bonds is 5. The number of nitrogens with zero attached hydrogens (tertiary/aromatic N) is 3. The Kier molecular flexibility index (Phi) is 4.62. The summed E-state index contributed by atoms with van der Waals surface area (Å²) < 4.78 is 6.64. The third kappa shape index (κ3) is 3.47. The van der Waals surface area contributed by atoms with Crippen molar-refractivity contribution in [1.29, 1.82) is 0 Å². The number of halogens is 1. The molecular weight excluding hydrogens is 330 g/mol. The largest absolute Gasteiger partial charge is 0.497 e. The maximum absolute atomic E-state index is 12.2. The van der Waals surface area contributed by atoms with E-state index in [1.165, 1.54) is 4.68 Å². The monoisotopic (exact) mass is 343 g/mol. The molecule has 0 spiro atoms. The SMILES string of the molecule is COc1ccc(Cl)c(NNC(=O)c2cn(-c3ccccc3)nn2)c1. The van der Waals surface area contributed by atoms with Crippen LogP contribution in [0.1, 0.15) is 10.5 Å². The van der Waals surface area contributed by atoms with Crippen LogP contribution in [-0.2, 0) is 0 Å². The Bertz CT molecular complexity index is 851. The molecule has 3 aromatic rings. The second-order valence-corrected chi connectivity index (χ2v) is 5.22. The van der Waals surface area contributed by atoms with Gasteiger partial charge in [-0.1, -0.05) is 35.0 Å². The number of ether oxygens (including phenoxy) is 1. The standard InChI is InChI=1S/C16H14ClN5O2/c1-24-12-7-8-13(17)14(9-12)18-20-16(23)15-10-22(21-19-15)11-5-3-2-4-6-11/h2-10,18H,1H3,(H,20,23). The van der Waals surface area contributed by atoms with Gasteiger partial charge in [0.2, 0.25) is 0 Å². The number of para-hydroxylation sites is 1. The maximum atomic E-state index is 12.2. The number of carbonyl (C=O) groups is 1. The summed E-state index contributed by atoms with van der Waals surface area (Å²) in [5.41, 5.74) is 6.77. The summed E-state index contributed by atoms with van der Waals surface area (Å²) in [6.07, 6.45) is 1.54. The summed E-state index contributed by atoms with van der Waals surface area (Å²) in [5, 5.41) is 8.25. The zero-order valence-electron chi connectivity index (χ0n) is 12.7. The summed E-state index contributed by atoms with van der Waals surface area (Å²) in [7, 11) is 1.55. The van der Waals surface area contributed by atoms with E-state index in [0.717, 1.165) is 5.69 Å². The number of amides is 1. The zero-order chi connectivity index (χ0) is 16.9. The fraction of sp³-hybridized carbons (Fsp3) is 0.0625. The third-order valence-electron chi connectivity index (χ3n) is 3.23. The van der Waals surface area contributed by atoms with Crippen LogP contribution in [0.4, 0.5) is 5.69 Å². The Hall–Kier alpha value is -3.06. The minimum atomic E-state index is -0.434. The van der Waals surface area contributed by atoms with E-state index in [1.807, 2.05) is 30.3 Å². The molecule has 1 amide bonds. The van der Waals surface area contributed by atoms with Crippen molar-refractivity contribution in [2.24, 2.45) is 0 Å². The second-order valence-electron chi connectivity index (χ2n) is 4.81. The molecule has 0 aliphatic carbocycles. The Morgan fingerprint density at radius 1 is 1.21 bits per heavy atom. The lowest BCUT2D eigenvalue weighted by atomic mass is 10.3. The number of carbonyl (C=O) groups excluding carboxylic acids is 1. The summed E-state index contributed by atoms with van der Waals surface area (Å²) in [6, 6.07) is 14.4. The molecule has 0 saturated carbocycles. The number of hydrogen-bond acceptors (Lipinski definition) is 5. The Morgan fingerprint density at radius 2 is 2.00 bits per heavy atom. The molecular formula is C16H14ClN5O2. The molecule has 1 aromatic heterocycles. The average molecular weight is 344 g/mol. The van der Waals surface area contributed by atoms with Gasteiger partial charge in [0, 0.05) is 6.07 Å². The Morgan fingerprint density at radius 3 is 2.75 bits per heavy atom. The molecule has 0 saturated heterocycles. The first kappa shape index (κ1) is 15.8. The van der Waals surface area contributed by atoms with Gasteiger partial charge >= 0.3 is 0 Å². The molecule has 1 heterocycles. The van der Waals surface area contributed by atoms with Crippen LogP contribution < -0.4 is 15.6 Å². The highest BCUT2D eigenvalue weighted by Crippen LogP contribution is 2.25. The summed E-state index contributed by atoms with van der Waals surface area (Å²) >= 11 is 6.07. The lowest BCUT2D eigenvalue weighted by molar-refractivity contribution is 0.0957. The van der Waals surface area contributed by atoms with Crippen molar-refractivity contribution in [2.45, 2.75) is 0 Å². The predicted octanol–water partition coefficient (Wildman–Crippen LogP) is 2.69. The molecule has 2 N–H and O–H groups in total. The van der Waals surface area contributed by atoms with Crippen LogP contribution >= 0.6 is 11.6 Å². The molecule has 0 bridgehead atoms. The minimum Gasteiger partial charge on any atom is -0.497 e. The van der Waals surface area contributed by atoms with Crippen LogP contribution in [0.15, 0.2) is 54.7 Å². The van der Waals surface area contributed by atoms with Crippen LogP contribution in [0.25, 0.3) is 5.69 Å². The van der Waals surface area contributed by atoms with E-state index in [-0.39, 0.29) is 5.69 Å². The van der Waals surface area contributed by atoms with Crippen molar-refractivity contribution in [3.05, 3.63) is 65.4 Å². The molecule has 0 fully saturated rings. The molecule has 8 heteroatoms. The van der Waals surface area contributed by atoms with Gasteiger partial charge in [-0.3, -0.25) is 15.6 Å². The molecule has 24 heavy (non-hydrogen) atoms. The molecule has 7 nitrogen and oxygen atoms in total. The van der Waals surface area contributed by atoms with E-state index < -0.39 is 5.91 Å². The number of methoxy groups -OCH3 is 1. The first-order chi connectivity index (χ1) is 11.7. The molecule has 0 aliphatic heterocycles. The van der Waals surface area contributed by atoms with Crippen molar-refractivity contribution < 1.29 is 9.53 Å². The molecule has 0 radical (unpaired) electrons. The quantitative estimate of drug-likeness (QED) is 0.696. The molecule has 0 atom stereocenters. The number of hydrogen-bond donors (Lipinski definition) is 2. The summed E-state index contributed by atoms with van der Waals surface area (Å²) in [5.74, 6) is 0.183. The van der Waals surface area contributed by atoms with Crippen molar-refractivity contribution in [3.8, 4) is 11.4 Å². The zero-order valence-corrected chi connectivity index (χ0v) is 13.5. The fourth-order valence-corrected chi connectivity index (χ4v) is 2.15. The average Bonchev–Trinajstić information content (AvgIpc) is 3.12. The number of benzene rings is 2. The highest BCUT2D eigenvalue weighted by molar-refractivity contribution is 6.33. The van der Waals surface area contributed by atoms with Crippen molar-refractivity contribution in [2.75, 3.05) is 12.5 Å². The highest BCUT2D eigenvalue weighted by atomic mass is 35.5. The Balaban J connectivity index is 1.69. The maximum Gasteiger partial charge on any atom is 0.291 e. The van der Waals surface area contributed by atoms with E-state index in [2.05, 4.69) is 21.2 Å². The molecule has 122 valence electrons. The number of aromatic nitrogens is 3. The molecule has 2 aromatic carbocycles. The summed E-state index contributed by atoms with van der Waals surface area (Å²) in [4.78, 5) is 12.2. The van der Waals surface area contributed by atoms with Gasteiger partial charge < -0.3 is 4.74 Å². The van der Waals surface area contributed by atoms with Crippen LogP contribution in [0, 0.1) is 0 Å². The topological polar surface area (TPSA) is 81.1 Å².